The Labute approximate surface area is 95.5 Å². The third-order valence-electron chi connectivity index (χ3n) is 1.69. The van der Waals surface area contributed by atoms with Gasteiger partial charge in [0.1, 0.15) is 5.69 Å². The molecule has 1 rings (SSSR count). The van der Waals surface area contributed by atoms with Crippen molar-refractivity contribution in [2.75, 3.05) is 20.8 Å². The Kier molecular flexibility index (Phi) is 4.64. The van der Waals surface area contributed by atoms with Crippen molar-refractivity contribution < 1.29 is 27.4 Å². The van der Waals surface area contributed by atoms with Crippen LogP contribution in [0.2, 0.25) is 0 Å². The minimum absolute atomic E-state index is 0.280. The van der Waals surface area contributed by atoms with Gasteiger partial charge in [-0.2, -0.15) is 18.2 Å². The van der Waals surface area contributed by atoms with E-state index in [1.165, 1.54) is 26.5 Å². The van der Waals surface area contributed by atoms with E-state index in [-0.39, 0.29) is 11.7 Å². The number of ether oxygens (including phenoxy) is 3. The van der Waals surface area contributed by atoms with E-state index in [9.17, 15) is 13.2 Å². The van der Waals surface area contributed by atoms with Gasteiger partial charge >= 0.3 is 12.2 Å². The minimum Gasteiger partial charge on any atom is -0.454 e. The lowest BCUT2D eigenvalue weighted by molar-refractivity contribution is -0.155. The third-order valence-corrected chi connectivity index (χ3v) is 1.69. The number of aromatic nitrogens is 2. The molecule has 0 aliphatic rings. The van der Waals surface area contributed by atoms with E-state index in [0.29, 0.717) is 0 Å². The average molecular weight is 252 g/mol. The summed E-state index contributed by atoms with van der Waals surface area (Å²) in [5.41, 5.74) is 0.280. The lowest BCUT2D eigenvalue weighted by atomic mass is 10.4. The van der Waals surface area contributed by atoms with Crippen molar-refractivity contribution in [2.45, 2.75) is 12.5 Å². The molecule has 0 aliphatic heterocycles. The van der Waals surface area contributed by atoms with Gasteiger partial charge < -0.3 is 14.2 Å². The van der Waals surface area contributed by atoms with Crippen molar-refractivity contribution in [1.82, 2.24) is 9.97 Å². The predicted molar refractivity (Wildman–Crippen MR) is 50.3 cm³/mol. The van der Waals surface area contributed by atoms with Crippen LogP contribution in [0.15, 0.2) is 12.3 Å². The summed E-state index contributed by atoms with van der Waals surface area (Å²) in [4.78, 5) is 7.28. The largest absolute Gasteiger partial charge is 0.454 e. The van der Waals surface area contributed by atoms with E-state index in [2.05, 4.69) is 14.7 Å². The minimum atomic E-state index is -4.43. The normalized spacial score (nSPS) is 11.9. The zero-order valence-corrected chi connectivity index (χ0v) is 9.19. The van der Waals surface area contributed by atoms with Crippen LogP contribution in [0.25, 0.3) is 0 Å². The number of methoxy groups -OCH3 is 2. The molecule has 1 aromatic rings. The van der Waals surface area contributed by atoms with Crippen LogP contribution >= 0.6 is 0 Å². The summed E-state index contributed by atoms with van der Waals surface area (Å²) in [7, 11) is 2.76. The first-order valence-corrected chi connectivity index (χ1v) is 4.54. The molecule has 5 nitrogen and oxygen atoms in total. The lowest BCUT2D eigenvalue weighted by Gasteiger charge is -2.13. The van der Waals surface area contributed by atoms with Crippen molar-refractivity contribution in [2.24, 2.45) is 0 Å². The molecule has 1 heterocycles. The molecule has 0 spiro atoms. The van der Waals surface area contributed by atoms with Crippen LogP contribution in [-0.2, 0) is 9.47 Å². The van der Waals surface area contributed by atoms with Gasteiger partial charge in [-0.05, 0) is 6.07 Å². The van der Waals surface area contributed by atoms with E-state index >= 15 is 0 Å². The summed E-state index contributed by atoms with van der Waals surface area (Å²) in [5, 5.41) is 0. The number of hydrogen-bond donors (Lipinski definition) is 0. The van der Waals surface area contributed by atoms with E-state index in [1.54, 1.807) is 0 Å². The highest BCUT2D eigenvalue weighted by molar-refractivity contribution is 5.06. The predicted octanol–water partition coefficient (Wildman–Crippen LogP) is 1.71. The van der Waals surface area contributed by atoms with E-state index < -0.39 is 19.1 Å². The Morgan fingerprint density at radius 3 is 2.47 bits per heavy atom. The topological polar surface area (TPSA) is 53.5 Å². The van der Waals surface area contributed by atoms with Gasteiger partial charge in [0.05, 0.1) is 0 Å². The molecule has 0 fully saturated rings. The highest BCUT2D eigenvalue weighted by Gasteiger charge is 2.29. The van der Waals surface area contributed by atoms with Crippen molar-refractivity contribution in [1.29, 1.82) is 0 Å². The van der Waals surface area contributed by atoms with E-state index in [0.717, 1.165) is 0 Å². The molecular formula is C9H11F3N2O3. The molecule has 17 heavy (non-hydrogen) atoms. The SMILES string of the molecule is COC(OC)c1ccnc(OCC(F)(F)F)n1. The molecule has 96 valence electrons. The van der Waals surface area contributed by atoms with Gasteiger partial charge in [-0.1, -0.05) is 0 Å². The molecule has 8 heteroatoms. The summed E-state index contributed by atoms with van der Waals surface area (Å²) in [6, 6.07) is 1.08. The second-order valence-corrected chi connectivity index (χ2v) is 2.97. The van der Waals surface area contributed by atoms with Crippen LogP contribution in [0, 0.1) is 0 Å². The Morgan fingerprint density at radius 2 is 1.94 bits per heavy atom. The van der Waals surface area contributed by atoms with Crippen LogP contribution in [0.5, 0.6) is 6.01 Å². The summed E-state index contributed by atoms with van der Waals surface area (Å²) >= 11 is 0. The molecular weight excluding hydrogens is 241 g/mol. The highest BCUT2D eigenvalue weighted by atomic mass is 19.4. The van der Waals surface area contributed by atoms with Crippen LogP contribution < -0.4 is 4.74 Å². The van der Waals surface area contributed by atoms with Crippen LogP contribution in [0.3, 0.4) is 0 Å². The van der Waals surface area contributed by atoms with Crippen LogP contribution in [0.4, 0.5) is 13.2 Å². The molecule has 0 aliphatic carbocycles. The third kappa shape index (κ3) is 4.53. The Balaban J connectivity index is 2.72. The van der Waals surface area contributed by atoms with Crippen molar-refractivity contribution in [3.63, 3.8) is 0 Å². The fourth-order valence-corrected chi connectivity index (χ4v) is 1.04. The summed E-state index contributed by atoms with van der Waals surface area (Å²) in [6.45, 7) is -1.44. The Morgan fingerprint density at radius 1 is 1.29 bits per heavy atom. The monoisotopic (exact) mass is 252 g/mol. The summed E-state index contributed by atoms with van der Waals surface area (Å²) < 4.78 is 49.9. The lowest BCUT2D eigenvalue weighted by Crippen LogP contribution is -2.20. The van der Waals surface area contributed by atoms with Crippen molar-refractivity contribution >= 4 is 0 Å². The second kappa shape index (κ2) is 5.78. The number of nitrogens with zero attached hydrogens (tertiary/aromatic N) is 2. The van der Waals surface area contributed by atoms with Gasteiger partial charge in [-0.3, -0.25) is 0 Å². The first kappa shape index (κ1) is 13.7. The smallest absolute Gasteiger partial charge is 0.422 e. The molecule has 0 unspecified atom stereocenters. The Hall–Kier alpha value is -1.41. The van der Waals surface area contributed by atoms with Gasteiger partial charge in [0.15, 0.2) is 6.61 Å². The Bertz CT molecular complexity index is 356. The van der Waals surface area contributed by atoms with Crippen molar-refractivity contribution in [3.8, 4) is 6.01 Å². The van der Waals surface area contributed by atoms with Crippen molar-refractivity contribution in [3.05, 3.63) is 18.0 Å². The number of alkyl halides is 3. The zero-order valence-electron chi connectivity index (χ0n) is 9.19. The maximum Gasteiger partial charge on any atom is 0.422 e. The van der Waals surface area contributed by atoms with E-state index in [1.807, 2.05) is 0 Å². The van der Waals surface area contributed by atoms with Gasteiger partial charge in [0.25, 0.3) is 0 Å². The quantitative estimate of drug-likeness (QED) is 0.747. The fourth-order valence-electron chi connectivity index (χ4n) is 1.04. The van der Waals surface area contributed by atoms with Gasteiger partial charge in [0, 0.05) is 20.4 Å². The van der Waals surface area contributed by atoms with Gasteiger partial charge in [-0.25, -0.2) is 4.98 Å². The molecule has 0 radical (unpaired) electrons. The molecule has 0 bridgehead atoms. The zero-order chi connectivity index (χ0) is 12.9. The number of rotatable bonds is 5. The maximum absolute atomic E-state index is 11.9. The summed E-state index contributed by atoms with van der Waals surface area (Å²) in [6.07, 6.45) is -3.94. The van der Waals surface area contributed by atoms with Crippen LogP contribution in [-0.4, -0.2) is 37.0 Å². The van der Waals surface area contributed by atoms with Gasteiger partial charge in [-0.15, -0.1) is 0 Å². The van der Waals surface area contributed by atoms with Crippen LogP contribution in [0.1, 0.15) is 12.0 Å². The molecule has 0 N–H and O–H groups in total. The molecule has 1 aromatic heterocycles. The first-order chi connectivity index (χ1) is 7.96. The highest BCUT2D eigenvalue weighted by Crippen LogP contribution is 2.18. The van der Waals surface area contributed by atoms with E-state index in [4.69, 9.17) is 9.47 Å². The average Bonchev–Trinajstić information content (AvgIpc) is 2.28. The second-order valence-electron chi connectivity index (χ2n) is 2.97. The molecule has 0 atom stereocenters. The van der Waals surface area contributed by atoms with Gasteiger partial charge in [0.2, 0.25) is 6.29 Å². The molecule has 0 saturated heterocycles. The molecule has 0 amide bonds. The first-order valence-electron chi connectivity index (χ1n) is 4.54. The number of hydrogen-bond acceptors (Lipinski definition) is 5. The fraction of sp³-hybridized carbons (Fsp3) is 0.556. The molecule has 0 aromatic carbocycles. The molecule has 0 saturated carbocycles. The summed E-state index contributed by atoms with van der Waals surface area (Å²) in [5.74, 6) is 0. The number of halogens is 3. The standard InChI is InChI=1S/C9H11F3N2O3/c1-15-7(16-2)6-3-4-13-8(14-6)17-5-9(10,11)12/h3-4,7H,5H2,1-2H3. The maximum atomic E-state index is 11.9.